The van der Waals surface area contributed by atoms with E-state index in [1.165, 1.54) is 10.8 Å². The maximum Gasteiger partial charge on any atom is 0.345 e. The van der Waals surface area contributed by atoms with Crippen molar-refractivity contribution < 1.29 is 9.76 Å². The van der Waals surface area contributed by atoms with E-state index in [9.17, 15) is 10.1 Å². The van der Waals surface area contributed by atoms with Crippen LogP contribution in [0.25, 0.3) is 0 Å². The second-order valence-corrected chi connectivity index (χ2v) is 4.46. The van der Waals surface area contributed by atoms with Gasteiger partial charge in [0.2, 0.25) is 0 Å². The van der Waals surface area contributed by atoms with Crippen molar-refractivity contribution in [2.75, 3.05) is 0 Å². The van der Waals surface area contributed by atoms with Crippen LogP contribution >= 0.6 is 0 Å². The monoisotopic (exact) mass is 272 g/mol. The lowest BCUT2D eigenvalue weighted by Gasteiger charge is -2.08. The molecule has 0 saturated carbocycles. The molecule has 1 aliphatic heterocycles. The fraction of sp³-hybridized carbons (Fsp3) is 0.231. The standard InChI is InChI=1S/C13H12N4O3/c1-9-14-8-12(17(18)19)16(9)13-7-11(15-20-13)10-5-3-2-4-6-10/h2-6,8,13H,7H2,1H3/t13-/m1/s1. The third-order valence-electron chi connectivity index (χ3n) is 3.20. The quantitative estimate of drug-likeness (QED) is 0.634. The molecular formula is C13H12N4O3. The zero-order valence-corrected chi connectivity index (χ0v) is 10.8. The van der Waals surface area contributed by atoms with Gasteiger partial charge in [-0.15, -0.1) is 0 Å². The summed E-state index contributed by atoms with van der Waals surface area (Å²) in [6.45, 7) is 1.71. The van der Waals surface area contributed by atoms with Crippen LogP contribution < -0.4 is 0 Å². The normalized spacial score (nSPS) is 17.6. The Morgan fingerprint density at radius 2 is 2.15 bits per heavy atom. The molecule has 0 unspecified atom stereocenters. The van der Waals surface area contributed by atoms with E-state index in [-0.39, 0.29) is 5.82 Å². The molecule has 1 aromatic heterocycles. The van der Waals surface area contributed by atoms with Crippen LogP contribution in [0.5, 0.6) is 0 Å². The second kappa shape index (κ2) is 4.76. The van der Waals surface area contributed by atoms with E-state index >= 15 is 0 Å². The third kappa shape index (κ3) is 2.03. The highest BCUT2D eigenvalue weighted by Gasteiger charge is 2.33. The van der Waals surface area contributed by atoms with E-state index in [2.05, 4.69) is 10.1 Å². The highest BCUT2D eigenvalue weighted by atomic mass is 16.7. The molecule has 3 rings (SSSR count). The van der Waals surface area contributed by atoms with Crippen molar-refractivity contribution >= 4 is 11.5 Å². The summed E-state index contributed by atoms with van der Waals surface area (Å²) in [6.07, 6.45) is 1.19. The van der Waals surface area contributed by atoms with Gasteiger partial charge in [-0.25, -0.2) is 4.98 Å². The lowest BCUT2D eigenvalue weighted by Crippen LogP contribution is -2.13. The minimum atomic E-state index is -0.520. The smallest absolute Gasteiger partial charge is 0.345 e. The predicted molar refractivity (Wildman–Crippen MR) is 71.3 cm³/mol. The van der Waals surface area contributed by atoms with Gasteiger partial charge in [-0.1, -0.05) is 35.5 Å². The van der Waals surface area contributed by atoms with Crippen LogP contribution in [-0.2, 0) is 4.84 Å². The average Bonchev–Trinajstić information content (AvgIpc) is 3.06. The Labute approximate surface area is 114 Å². The molecule has 7 nitrogen and oxygen atoms in total. The van der Waals surface area contributed by atoms with Gasteiger partial charge in [0.25, 0.3) is 6.23 Å². The van der Waals surface area contributed by atoms with Crippen LogP contribution in [-0.4, -0.2) is 20.2 Å². The summed E-state index contributed by atoms with van der Waals surface area (Å²) in [5.74, 6) is 0.447. The first-order valence-electron chi connectivity index (χ1n) is 6.13. The number of hydrogen-bond acceptors (Lipinski definition) is 5. The molecule has 20 heavy (non-hydrogen) atoms. The van der Waals surface area contributed by atoms with Crippen LogP contribution in [0, 0.1) is 17.0 Å². The fourth-order valence-corrected chi connectivity index (χ4v) is 2.24. The topological polar surface area (TPSA) is 82.5 Å². The third-order valence-corrected chi connectivity index (χ3v) is 3.20. The van der Waals surface area contributed by atoms with Gasteiger partial charge < -0.3 is 15.0 Å². The van der Waals surface area contributed by atoms with Crippen molar-refractivity contribution in [3.8, 4) is 0 Å². The Hall–Kier alpha value is -2.70. The SMILES string of the molecule is Cc1ncc([N+](=O)[O-])n1[C@H]1CC(c2ccccc2)=NO1. The lowest BCUT2D eigenvalue weighted by atomic mass is 10.1. The molecule has 1 atom stereocenters. The Kier molecular flexibility index (Phi) is 2.94. The van der Waals surface area contributed by atoms with E-state index in [0.717, 1.165) is 11.3 Å². The van der Waals surface area contributed by atoms with Gasteiger partial charge in [-0.2, -0.15) is 4.57 Å². The summed E-state index contributed by atoms with van der Waals surface area (Å²) < 4.78 is 1.46. The van der Waals surface area contributed by atoms with Crippen molar-refractivity contribution in [3.05, 3.63) is 58.0 Å². The summed E-state index contributed by atoms with van der Waals surface area (Å²) in [6, 6.07) is 9.61. The molecular weight excluding hydrogens is 260 g/mol. The fourth-order valence-electron chi connectivity index (χ4n) is 2.24. The van der Waals surface area contributed by atoms with Gasteiger partial charge in [0.05, 0.1) is 12.1 Å². The molecule has 0 saturated heterocycles. The maximum atomic E-state index is 11.0. The van der Waals surface area contributed by atoms with E-state index in [0.29, 0.717) is 12.2 Å². The van der Waals surface area contributed by atoms with Crippen molar-refractivity contribution in [1.82, 2.24) is 9.55 Å². The first-order valence-corrected chi connectivity index (χ1v) is 6.13. The van der Waals surface area contributed by atoms with Crippen molar-refractivity contribution in [2.24, 2.45) is 5.16 Å². The highest BCUT2D eigenvalue weighted by molar-refractivity contribution is 6.01. The number of aryl methyl sites for hydroxylation is 1. The Balaban J connectivity index is 1.87. The highest BCUT2D eigenvalue weighted by Crippen LogP contribution is 2.29. The molecule has 1 aliphatic rings. The minimum absolute atomic E-state index is 0.0861. The molecule has 0 aliphatic carbocycles. The number of oxime groups is 1. The first kappa shape index (κ1) is 12.3. The molecule has 0 fully saturated rings. The summed E-state index contributed by atoms with van der Waals surface area (Å²) in [5, 5.41) is 15.0. The van der Waals surface area contributed by atoms with E-state index in [1.54, 1.807) is 6.92 Å². The molecule has 2 heterocycles. The van der Waals surface area contributed by atoms with E-state index in [4.69, 9.17) is 4.84 Å². The number of benzene rings is 1. The molecule has 0 bridgehead atoms. The molecule has 0 N–H and O–H groups in total. The molecule has 1 aromatic carbocycles. The van der Waals surface area contributed by atoms with Crippen molar-refractivity contribution in [2.45, 2.75) is 19.6 Å². The predicted octanol–water partition coefficient (Wildman–Crippen LogP) is 2.42. The molecule has 7 heteroatoms. The number of rotatable bonds is 3. The Morgan fingerprint density at radius 3 is 2.85 bits per heavy atom. The van der Waals surface area contributed by atoms with Crippen LogP contribution in [0.15, 0.2) is 41.7 Å². The number of imidazole rings is 1. The molecule has 2 aromatic rings. The maximum absolute atomic E-state index is 11.0. The van der Waals surface area contributed by atoms with E-state index in [1.807, 2.05) is 30.3 Å². The summed E-state index contributed by atoms with van der Waals surface area (Å²) >= 11 is 0. The Bertz CT molecular complexity index is 678. The van der Waals surface area contributed by atoms with Crippen molar-refractivity contribution in [1.29, 1.82) is 0 Å². The van der Waals surface area contributed by atoms with Crippen LogP contribution in [0.3, 0.4) is 0 Å². The molecule has 0 spiro atoms. The number of nitro groups is 1. The van der Waals surface area contributed by atoms with E-state index < -0.39 is 11.2 Å². The summed E-state index contributed by atoms with van der Waals surface area (Å²) in [5.41, 5.74) is 1.73. The number of aromatic nitrogens is 2. The zero-order valence-electron chi connectivity index (χ0n) is 10.8. The second-order valence-electron chi connectivity index (χ2n) is 4.46. The largest absolute Gasteiger partial charge is 0.358 e. The molecule has 0 radical (unpaired) electrons. The van der Waals surface area contributed by atoms with Gasteiger partial charge in [-0.05, 0) is 10.5 Å². The number of hydrogen-bond donors (Lipinski definition) is 0. The zero-order chi connectivity index (χ0) is 14.1. The lowest BCUT2D eigenvalue weighted by molar-refractivity contribution is -0.393. The summed E-state index contributed by atoms with van der Waals surface area (Å²) in [4.78, 5) is 19.8. The van der Waals surface area contributed by atoms with Gasteiger partial charge in [0.1, 0.15) is 6.20 Å². The van der Waals surface area contributed by atoms with Gasteiger partial charge in [0.15, 0.2) is 5.82 Å². The molecule has 102 valence electrons. The Morgan fingerprint density at radius 1 is 1.40 bits per heavy atom. The van der Waals surface area contributed by atoms with Crippen LogP contribution in [0.1, 0.15) is 24.0 Å². The van der Waals surface area contributed by atoms with Gasteiger partial charge in [-0.3, -0.25) is 0 Å². The van der Waals surface area contributed by atoms with Crippen molar-refractivity contribution in [3.63, 3.8) is 0 Å². The van der Waals surface area contributed by atoms with Gasteiger partial charge in [0, 0.05) is 6.92 Å². The van der Waals surface area contributed by atoms with Gasteiger partial charge >= 0.3 is 5.82 Å². The summed E-state index contributed by atoms with van der Waals surface area (Å²) in [7, 11) is 0. The first-order chi connectivity index (χ1) is 9.66. The number of nitrogens with zero attached hydrogens (tertiary/aromatic N) is 4. The molecule has 0 amide bonds. The van der Waals surface area contributed by atoms with Crippen LogP contribution in [0.4, 0.5) is 5.82 Å². The average molecular weight is 272 g/mol. The van der Waals surface area contributed by atoms with Crippen LogP contribution in [0.2, 0.25) is 0 Å². The minimum Gasteiger partial charge on any atom is -0.358 e.